The SMILES string of the molecule is CCNc1nc(N2CCCC2)nc(N2CCCC2(C)C)n1. The second-order valence-electron chi connectivity index (χ2n) is 6.55. The lowest BCUT2D eigenvalue weighted by atomic mass is 10.0. The maximum Gasteiger partial charge on any atom is 0.232 e. The Balaban J connectivity index is 1.94. The van der Waals surface area contributed by atoms with Gasteiger partial charge in [-0.3, -0.25) is 0 Å². The average molecular weight is 290 g/mol. The van der Waals surface area contributed by atoms with Gasteiger partial charge in [-0.25, -0.2) is 0 Å². The number of rotatable bonds is 4. The Morgan fingerprint density at radius 3 is 2.33 bits per heavy atom. The van der Waals surface area contributed by atoms with Crippen molar-refractivity contribution in [1.29, 1.82) is 0 Å². The third kappa shape index (κ3) is 2.89. The first-order chi connectivity index (χ1) is 10.1. The molecule has 0 bridgehead atoms. The monoisotopic (exact) mass is 290 g/mol. The van der Waals surface area contributed by atoms with Crippen LogP contribution in [0.3, 0.4) is 0 Å². The molecule has 6 heteroatoms. The molecule has 116 valence electrons. The molecule has 0 atom stereocenters. The normalized spacial score (nSPS) is 21.1. The smallest absolute Gasteiger partial charge is 0.232 e. The maximum absolute atomic E-state index is 4.76. The van der Waals surface area contributed by atoms with Crippen LogP contribution in [0.15, 0.2) is 0 Å². The van der Waals surface area contributed by atoms with Gasteiger partial charge in [-0.15, -0.1) is 0 Å². The van der Waals surface area contributed by atoms with E-state index in [0.29, 0.717) is 5.95 Å². The summed E-state index contributed by atoms with van der Waals surface area (Å²) >= 11 is 0. The zero-order valence-corrected chi connectivity index (χ0v) is 13.4. The molecule has 6 nitrogen and oxygen atoms in total. The molecule has 0 amide bonds. The second kappa shape index (κ2) is 5.66. The summed E-state index contributed by atoms with van der Waals surface area (Å²) in [6.07, 6.45) is 4.85. The van der Waals surface area contributed by atoms with Crippen LogP contribution in [0, 0.1) is 0 Å². The summed E-state index contributed by atoms with van der Waals surface area (Å²) in [6.45, 7) is 10.6. The van der Waals surface area contributed by atoms with Crippen molar-refractivity contribution in [2.75, 3.05) is 41.3 Å². The predicted molar refractivity (Wildman–Crippen MR) is 86.1 cm³/mol. The highest BCUT2D eigenvalue weighted by Gasteiger charge is 2.34. The minimum atomic E-state index is 0.132. The lowest BCUT2D eigenvalue weighted by Gasteiger charge is -2.32. The van der Waals surface area contributed by atoms with Gasteiger partial charge >= 0.3 is 0 Å². The number of anilines is 3. The molecule has 1 aromatic rings. The molecule has 3 heterocycles. The molecule has 0 radical (unpaired) electrons. The number of nitrogens with one attached hydrogen (secondary N) is 1. The molecule has 2 aliphatic heterocycles. The van der Waals surface area contributed by atoms with Crippen molar-refractivity contribution in [2.45, 2.75) is 52.0 Å². The quantitative estimate of drug-likeness (QED) is 0.918. The topological polar surface area (TPSA) is 57.2 Å². The van der Waals surface area contributed by atoms with Gasteiger partial charge in [0.2, 0.25) is 17.8 Å². The van der Waals surface area contributed by atoms with Gasteiger partial charge in [-0.2, -0.15) is 15.0 Å². The van der Waals surface area contributed by atoms with Crippen molar-refractivity contribution in [3.63, 3.8) is 0 Å². The van der Waals surface area contributed by atoms with Crippen LogP contribution >= 0.6 is 0 Å². The Hall–Kier alpha value is -1.59. The Labute approximate surface area is 127 Å². The first kappa shape index (κ1) is 14.4. The Kier molecular flexibility index (Phi) is 3.87. The Morgan fingerprint density at radius 1 is 1.00 bits per heavy atom. The zero-order valence-electron chi connectivity index (χ0n) is 13.4. The number of aromatic nitrogens is 3. The minimum Gasteiger partial charge on any atom is -0.354 e. The first-order valence-corrected chi connectivity index (χ1v) is 8.13. The summed E-state index contributed by atoms with van der Waals surface area (Å²) in [6, 6.07) is 0. The van der Waals surface area contributed by atoms with Gasteiger partial charge in [0.1, 0.15) is 0 Å². The van der Waals surface area contributed by atoms with E-state index in [1.165, 1.54) is 25.7 Å². The Morgan fingerprint density at radius 2 is 1.71 bits per heavy atom. The number of nitrogens with zero attached hydrogens (tertiary/aromatic N) is 5. The van der Waals surface area contributed by atoms with E-state index in [0.717, 1.165) is 38.1 Å². The van der Waals surface area contributed by atoms with Gasteiger partial charge in [0.15, 0.2) is 0 Å². The number of hydrogen-bond donors (Lipinski definition) is 1. The largest absolute Gasteiger partial charge is 0.354 e. The van der Waals surface area contributed by atoms with Crippen LogP contribution in [0.4, 0.5) is 17.8 Å². The van der Waals surface area contributed by atoms with Gasteiger partial charge in [-0.05, 0) is 46.5 Å². The van der Waals surface area contributed by atoms with Gasteiger partial charge in [-0.1, -0.05) is 0 Å². The van der Waals surface area contributed by atoms with E-state index in [1.807, 2.05) is 0 Å². The standard InChI is InChI=1S/C15H26N6/c1-4-16-12-17-13(20-9-5-6-10-20)19-14(18-12)21-11-7-8-15(21,2)3/h4-11H2,1-3H3,(H,16,17,18,19). The highest BCUT2D eigenvalue weighted by Crippen LogP contribution is 2.32. The van der Waals surface area contributed by atoms with Crippen LogP contribution in [0.5, 0.6) is 0 Å². The van der Waals surface area contributed by atoms with Crippen molar-refractivity contribution in [1.82, 2.24) is 15.0 Å². The molecule has 0 spiro atoms. The molecule has 2 fully saturated rings. The summed E-state index contributed by atoms with van der Waals surface area (Å²) in [4.78, 5) is 18.6. The lowest BCUT2D eigenvalue weighted by molar-refractivity contribution is 0.509. The van der Waals surface area contributed by atoms with Crippen molar-refractivity contribution >= 4 is 17.8 Å². The lowest BCUT2D eigenvalue weighted by Crippen LogP contribution is -2.39. The van der Waals surface area contributed by atoms with E-state index >= 15 is 0 Å². The van der Waals surface area contributed by atoms with Gasteiger partial charge < -0.3 is 15.1 Å². The second-order valence-corrected chi connectivity index (χ2v) is 6.55. The fourth-order valence-electron chi connectivity index (χ4n) is 3.25. The molecule has 0 aromatic carbocycles. The third-order valence-electron chi connectivity index (χ3n) is 4.48. The molecule has 0 aliphatic carbocycles. The molecule has 1 aromatic heterocycles. The zero-order chi connectivity index (χ0) is 14.9. The van der Waals surface area contributed by atoms with Gasteiger partial charge in [0, 0.05) is 31.7 Å². The molecule has 21 heavy (non-hydrogen) atoms. The van der Waals surface area contributed by atoms with E-state index in [9.17, 15) is 0 Å². The summed E-state index contributed by atoms with van der Waals surface area (Å²) in [5.41, 5.74) is 0.132. The molecule has 0 saturated carbocycles. The summed E-state index contributed by atoms with van der Waals surface area (Å²) in [7, 11) is 0. The van der Waals surface area contributed by atoms with Crippen molar-refractivity contribution < 1.29 is 0 Å². The van der Waals surface area contributed by atoms with Crippen LogP contribution in [0.25, 0.3) is 0 Å². The molecule has 2 aliphatic rings. The van der Waals surface area contributed by atoms with Crippen LogP contribution in [0.1, 0.15) is 46.5 Å². The van der Waals surface area contributed by atoms with E-state index in [4.69, 9.17) is 4.98 Å². The minimum absolute atomic E-state index is 0.132. The molecule has 3 rings (SSSR count). The van der Waals surface area contributed by atoms with Crippen molar-refractivity contribution in [3.05, 3.63) is 0 Å². The predicted octanol–water partition coefficient (Wildman–Crippen LogP) is 2.28. The fraction of sp³-hybridized carbons (Fsp3) is 0.800. The van der Waals surface area contributed by atoms with Crippen LogP contribution in [-0.4, -0.2) is 46.7 Å². The summed E-state index contributed by atoms with van der Waals surface area (Å²) in [5.74, 6) is 2.36. The van der Waals surface area contributed by atoms with Crippen molar-refractivity contribution in [3.8, 4) is 0 Å². The van der Waals surface area contributed by atoms with Gasteiger partial charge in [0.05, 0.1) is 0 Å². The average Bonchev–Trinajstić information content (AvgIpc) is 3.07. The van der Waals surface area contributed by atoms with Gasteiger partial charge in [0.25, 0.3) is 0 Å². The van der Waals surface area contributed by atoms with Crippen molar-refractivity contribution in [2.24, 2.45) is 0 Å². The molecular formula is C15H26N6. The Bertz CT molecular complexity index is 495. The first-order valence-electron chi connectivity index (χ1n) is 8.13. The molecular weight excluding hydrogens is 264 g/mol. The third-order valence-corrected chi connectivity index (χ3v) is 4.48. The van der Waals surface area contributed by atoms with Crippen LogP contribution in [-0.2, 0) is 0 Å². The highest BCUT2D eigenvalue weighted by molar-refractivity contribution is 5.47. The highest BCUT2D eigenvalue weighted by atomic mass is 15.4. The number of hydrogen-bond acceptors (Lipinski definition) is 6. The van der Waals surface area contributed by atoms with E-state index in [2.05, 4.69) is 45.9 Å². The van der Waals surface area contributed by atoms with Crippen LogP contribution in [0.2, 0.25) is 0 Å². The van der Waals surface area contributed by atoms with E-state index < -0.39 is 0 Å². The molecule has 2 saturated heterocycles. The molecule has 0 unspecified atom stereocenters. The fourth-order valence-corrected chi connectivity index (χ4v) is 3.25. The van der Waals surface area contributed by atoms with E-state index in [1.54, 1.807) is 0 Å². The molecule has 1 N–H and O–H groups in total. The summed E-state index contributed by atoms with van der Waals surface area (Å²) < 4.78 is 0. The maximum atomic E-state index is 4.76. The summed E-state index contributed by atoms with van der Waals surface area (Å²) in [5, 5.41) is 3.25. The van der Waals surface area contributed by atoms with Crippen LogP contribution < -0.4 is 15.1 Å². The van der Waals surface area contributed by atoms with E-state index in [-0.39, 0.29) is 5.54 Å².